The Morgan fingerprint density at radius 2 is 2.41 bits per heavy atom. The lowest BCUT2D eigenvalue weighted by atomic mass is 10.1. The van der Waals surface area contributed by atoms with E-state index in [1.807, 2.05) is 0 Å². The molecule has 0 radical (unpaired) electrons. The zero-order valence-electron chi connectivity index (χ0n) is 9.54. The monoisotopic (exact) mass is 259 g/mol. The Hall–Kier alpha value is -0.760. The number of nitrogens with zero attached hydrogens (tertiary/aromatic N) is 2. The number of ether oxygens (including phenoxy) is 2. The third-order valence-electron chi connectivity index (χ3n) is 2.63. The summed E-state index contributed by atoms with van der Waals surface area (Å²) in [6, 6.07) is 0.444. The zero-order chi connectivity index (χ0) is 11.9. The molecule has 2 heterocycles. The Kier molecular flexibility index (Phi) is 5.11. The van der Waals surface area contributed by atoms with Crippen molar-refractivity contribution in [3.05, 3.63) is 6.20 Å². The first-order valence-corrected chi connectivity index (χ1v) is 6.47. The summed E-state index contributed by atoms with van der Waals surface area (Å²) < 4.78 is 18.2. The van der Waals surface area contributed by atoms with Gasteiger partial charge in [0.25, 0.3) is 0 Å². The van der Waals surface area contributed by atoms with Gasteiger partial charge in [-0.3, -0.25) is 0 Å². The lowest BCUT2D eigenvalue weighted by molar-refractivity contribution is 0.0651. The Balaban J connectivity index is 1.58. The van der Waals surface area contributed by atoms with Crippen molar-refractivity contribution in [3.63, 3.8) is 0 Å². The van der Waals surface area contributed by atoms with Crippen LogP contribution < -0.4 is 10.1 Å². The fourth-order valence-corrected chi connectivity index (χ4v) is 2.03. The Labute approximate surface area is 104 Å². The van der Waals surface area contributed by atoms with Crippen LogP contribution in [0.15, 0.2) is 6.20 Å². The first-order valence-electron chi connectivity index (χ1n) is 5.74. The standard InChI is InChI=1S/C10H17N3O3S/c14-9(7-16-10-6-12-17-13-10)5-11-8-1-3-15-4-2-8/h6,8-9,11,14H,1-5,7H2. The molecule has 96 valence electrons. The van der Waals surface area contributed by atoms with E-state index in [0.717, 1.165) is 37.8 Å². The minimum absolute atomic E-state index is 0.238. The van der Waals surface area contributed by atoms with Gasteiger partial charge >= 0.3 is 0 Å². The third kappa shape index (κ3) is 4.55. The number of aliphatic hydroxyl groups is 1. The molecular weight excluding hydrogens is 242 g/mol. The molecular formula is C10H17N3O3S. The number of nitrogens with one attached hydrogen (secondary N) is 1. The van der Waals surface area contributed by atoms with Crippen LogP contribution in [-0.2, 0) is 4.74 Å². The van der Waals surface area contributed by atoms with Gasteiger partial charge in [0.1, 0.15) is 18.9 Å². The van der Waals surface area contributed by atoms with Gasteiger partial charge in [0, 0.05) is 25.8 Å². The summed E-state index contributed by atoms with van der Waals surface area (Å²) in [6.45, 7) is 2.37. The smallest absolute Gasteiger partial charge is 0.245 e. The van der Waals surface area contributed by atoms with Gasteiger partial charge in [0.15, 0.2) is 0 Å². The minimum Gasteiger partial charge on any atom is -0.473 e. The van der Waals surface area contributed by atoms with Crippen LogP contribution in [0.2, 0.25) is 0 Å². The van der Waals surface area contributed by atoms with Crippen molar-refractivity contribution in [1.82, 2.24) is 14.1 Å². The van der Waals surface area contributed by atoms with Crippen LogP contribution in [0.5, 0.6) is 5.88 Å². The number of hydrogen-bond donors (Lipinski definition) is 2. The van der Waals surface area contributed by atoms with E-state index in [0.29, 0.717) is 18.5 Å². The predicted octanol–water partition coefficient (Wildman–Crippen LogP) is 0.0464. The second-order valence-corrected chi connectivity index (χ2v) is 4.56. The Morgan fingerprint density at radius 3 is 3.12 bits per heavy atom. The van der Waals surface area contributed by atoms with E-state index in [-0.39, 0.29) is 6.61 Å². The van der Waals surface area contributed by atoms with Gasteiger partial charge in [0.2, 0.25) is 5.88 Å². The van der Waals surface area contributed by atoms with Gasteiger partial charge in [-0.2, -0.15) is 4.37 Å². The summed E-state index contributed by atoms with van der Waals surface area (Å²) in [5.41, 5.74) is 0. The molecule has 17 heavy (non-hydrogen) atoms. The summed E-state index contributed by atoms with van der Waals surface area (Å²) in [5, 5.41) is 13.0. The molecule has 6 nitrogen and oxygen atoms in total. The quantitative estimate of drug-likeness (QED) is 0.751. The molecule has 2 rings (SSSR count). The van der Waals surface area contributed by atoms with Crippen molar-refractivity contribution >= 4 is 11.7 Å². The number of hydrogen-bond acceptors (Lipinski definition) is 7. The van der Waals surface area contributed by atoms with E-state index >= 15 is 0 Å². The molecule has 1 aliphatic heterocycles. The van der Waals surface area contributed by atoms with Crippen LogP contribution in [0, 0.1) is 0 Å². The maximum absolute atomic E-state index is 9.72. The van der Waals surface area contributed by atoms with Crippen LogP contribution in [-0.4, -0.2) is 52.4 Å². The van der Waals surface area contributed by atoms with Gasteiger partial charge in [-0.15, -0.1) is 4.37 Å². The summed E-state index contributed by atoms with van der Waals surface area (Å²) >= 11 is 1.09. The van der Waals surface area contributed by atoms with Crippen molar-refractivity contribution in [1.29, 1.82) is 0 Å². The molecule has 1 unspecified atom stereocenters. The van der Waals surface area contributed by atoms with E-state index in [1.165, 1.54) is 0 Å². The average Bonchev–Trinajstić information content (AvgIpc) is 2.88. The molecule has 0 bridgehead atoms. The molecule has 7 heteroatoms. The van der Waals surface area contributed by atoms with E-state index in [9.17, 15) is 5.11 Å². The molecule has 0 aliphatic carbocycles. The molecule has 1 saturated heterocycles. The lowest BCUT2D eigenvalue weighted by Crippen LogP contribution is -2.40. The number of aliphatic hydroxyl groups excluding tert-OH is 1. The van der Waals surface area contributed by atoms with E-state index in [4.69, 9.17) is 9.47 Å². The predicted molar refractivity (Wildman–Crippen MR) is 63.3 cm³/mol. The maximum atomic E-state index is 9.72. The normalized spacial score (nSPS) is 19.1. The number of aromatic nitrogens is 2. The van der Waals surface area contributed by atoms with E-state index in [1.54, 1.807) is 6.20 Å². The van der Waals surface area contributed by atoms with Crippen molar-refractivity contribution in [2.24, 2.45) is 0 Å². The largest absolute Gasteiger partial charge is 0.473 e. The first-order chi connectivity index (χ1) is 8.34. The van der Waals surface area contributed by atoms with Crippen LogP contribution >= 0.6 is 11.7 Å². The van der Waals surface area contributed by atoms with Crippen LogP contribution in [0.25, 0.3) is 0 Å². The van der Waals surface area contributed by atoms with Crippen molar-refractivity contribution < 1.29 is 14.6 Å². The molecule has 2 N–H and O–H groups in total. The zero-order valence-corrected chi connectivity index (χ0v) is 10.4. The van der Waals surface area contributed by atoms with E-state index < -0.39 is 6.10 Å². The van der Waals surface area contributed by atoms with Gasteiger partial charge in [0.05, 0.1) is 11.7 Å². The van der Waals surface area contributed by atoms with Crippen molar-refractivity contribution in [2.45, 2.75) is 25.0 Å². The highest BCUT2D eigenvalue weighted by atomic mass is 32.1. The molecule has 1 aromatic heterocycles. The van der Waals surface area contributed by atoms with Gasteiger partial charge in [-0.05, 0) is 12.8 Å². The highest BCUT2D eigenvalue weighted by Gasteiger charge is 2.15. The van der Waals surface area contributed by atoms with Crippen LogP contribution in [0.3, 0.4) is 0 Å². The SMILES string of the molecule is OC(CNC1CCOCC1)COc1cnsn1. The second-order valence-electron chi connectivity index (χ2n) is 4.01. The van der Waals surface area contributed by atoms with Crippen molar-refractivity contribution in [3.8, 4) is 5.88 Å². The average molecular weight is 259 g/mol. The molecule has 1 atom stereocenters. The fourth-order valence-electron chi connectivity index (χ4n) is 1.66. The van der Waals surface area contributed by atoms with Crippen LogP contribution in [0.1, 0.15) is 12.8 Å². The Morgan fingerprint density at radius 1 is 1.59 bits per heavy atom. The van der Waals surface area contributed by atoms with Gasteiger partial charge in [-0.1, -0.05) is 0 Å². The summed E-state index contributed by atoms with van der Waals surface area (Å²) in [6.07, 6.45) is 3.02. The molecule has 0 saturated carbocycles. The molecule has 1 fully saturated rings. The molecule has 1 aromatic rings. The number of rotatable bonds is 6. The second kappa shape index (κ2) is 6.85. The lowest BCUT2D eigenvalue weighted by Gasteiger charge is -2.24. The van der Waals surface area contributed by atoms with Gasteiger partial charge in [-0.25, -0.2) is 0 Å². The topological polar surface area (TPSA) is 76.5 Å². The Bertz CT molecular complexity index is 304. The molecule has 0 spiro atoms. The fraction of sp³-hybridized carbons (Fsp3) is 0.800. The summed E-state index contributed by atoms with van der Waals surface area (Å²) in [5.74, 6) is 0.472. The molecule has 1 aliphatic rings. The molecule has 0 amide bonds. The summed E-state index contributed by atoms with van der Waals surface area (Å²) in [4.78, 5) is 0. The third-order valence-corrected chi connectivity index (χ3v) is 3.09. The summed E-state index contributed by atoms with van der Waals surface area (Å²) in [7, 11) is 0. The van der Waals surface area contributed by atoms with Crippen LogP contribution in [0.4, 0.5) is 0 Å². The highest BCUT2D eigenvalue weighted by molar-refractivity contribution is 6.99. The highest BCUT2D eigenvalue weighted by Crippen LogP contribution is 2.07. The van der Waals surface area contributed by atoms with E-state index in [2.05, 4.69) is 14.1 Å². The minimum atomic E-state index is -0.528. The molecule has 0 aromatic carbocycles. The first kappa shape index (κ1) is 12.7. The van der Waals surface area contributed by atoms with Crippen molar-refractivity contribution in [2.75, 3.05) is 26.4 Å². The van der Waals surface area contributed by atoms with Gasteiger partial charge < -0.3 is 19.9 Å². The maximum Gasteiger partial charge on any atom is 0.245 e.